The first-order valence-electron chi connectivity index (χ1n) is 6.48. The summed E-state index contributed by atoms with van der Waals surface area (Å²) in [5.74, 6) is -0.399. The minimum absolute atomic E-state index is 0.116. The molecule has 102 valence electrons. The van der Waals surface area contributed by atoms with Crippen LogP contribution in [-0.2, 0) is 11.3 Å². The molecular weight excluding hydrogens is 255 g/mol. The number of anilines is 1. The normalized spacial score (nSPS) is 17.4. The molecular formula is C16H15FN2O. The van der Waals surface area contributed by atoms with Crippen LogP contribution in [0.2, 0.25) is 0 Å². The van der Waals surface area contributed by atoms with Gasteiger partial charge in [0.25, 0.3) is 0 Å². The fourth-order valence-electron chi connectivity index (χ4n) is 2.52. The van der Waals surface area contributed by atoms with Gasteiger partial charge in [0.05, 0.1) is 6.54 Å². The zero-order valence-electron chi connectivity index (χ0n) is 11.1. The van der Waals surface area contributed by atoms with E-state index >= 15 is 0 Å². The maximum Gasteiger partial charge on any atom is 0.248 e. The van der Waals surface area contributed by atoms with Gasteiger partial charge in [0.15, 0.2) is 0 Å². The van der Waals surface area contributed by atoms with E-state index in [0.29, 0.717) is 6.54 Å². The molecule has 1 aliphatic heterocycles. The van der Waals surface area contributed by atoms with Gasteiger partial charge in [-0.3, -0.25) is 4.79 Å². The van der Waals surface area contributed by atoms with Crippen molar-refractivity contribution >= 4 is 11.6 Å². The lowest BCUT2D eigenvalue weighted by Crippen LogP contribution is -2.31. The van der Waals surface area contributed by atoms with Crippen LogP contribution >= 0.6 is 0 Å². The van der Waals surface area contributed by atoms with Crippen molar-refractivity contribution in [2.75, 3.05) is 4.90 Å². The minimum Gasteiger partial charge on any atom is -0.316 e. The van der Waals surface area contributed by atoms with Gasteiger partial charge in [-0.25, -0.2) is 4.39 Å². The summed E-state index contributed by atoms with van der Waals surface area (Å²) >= 11 is 0. The largest absolute Gasteiger partial charge is 0.316 e. The molecule has 0 unspecified atom stereocenters. The van der Waals surface area contributed by atoms with Crippen molar-refractivity contribution in [2.45, 2.75) is 19.5 Å². The Kier molecular flexibility index (Phi) is 3.03. The van der Waals surface area contributed by atoms with Gasteiger partial charge in [-0.05, 0) is 30.7 Å². The molecule has 0 aliphatic carbocycles. The maximum atomic E-state index is 12.9. The highest BCUT2D eigenvalue weighted by Crippen LogP contribution is 2.36. The summed E-state index contributed by atoms with van der Waals surface area (Å²) < 4.78 is 12.9. The van der Waals surface area contributed by atoms with E-state index in [1.54, 1.807) is 17.0 Å². The summed E-state index contributed by atoms with van der Waals surface area (Å²) in [5, 5.41) is 0. The van der Waals surface area contributed by atoms with Gasteiger partial charge < -0.3 is 10.6 Å². The van der Waals surface area contributed by atoms with E-state index in [4.69, 9.17) is 5.73 Å². The van der Waals surface area contributed by atoms with E-state index in [1.165, 1.54) is 12.1 Å². The number of nitrogens with two attached hydrogens (primary N) is 1. The molecule has 1 heterocycles. The van der Waals surface area contributed by atoms with Gasteiger partial charge >= 0.3 is 0 Å². The van der Waals surface area contributed by atoms with Crippen molar-refractivity contribution in [3.8, 4) is 0 Å². The SMILES string of the molecule is Cc1ccc2c(c1)[C@@H](N)C(=O)N2Cc1ccc(F)cc1. The van der Waals surface area contributed by atoms with Crippen LogP contribution in [0.1, 0.15) is 22.7 Å². The highest BCUT2D eigenvalue weighted by atomic mass is 19.1. The molecule has 1 amide bonds. The maximum absolute atomic E-state index is 12.9. The summed E-state index contributed by atoms with van der Waals surface area (Å²) in [6, 6.07) is 11.4. The van der Waals surface area contributed by atoms with Crippen LogP contribution in [0.5, 0.6) is 0 Å². The number of rotatable bonds is 2. The smallest absolute Gasteiger partial charge is 0.248 e. The molecule has 0 fully saturated rings. The zero-order chi connectivity index (χ0) is 14.3. The molecule has 0 saturated carbocycles. The molecule has 0 aromatic heterocycles. The predicted molar refractivity (Wildman–Crippen MR) is 75.7 cm³/mol. The summed E-state index contributed by atoms with van der Waals surface area (Å²) in [7, 11) is 0. The third-order valence-corrected chi connectivity index (χ3v) is 3.59. The molecule has 0 radical (unpaired) electrons. The molecule has 4 heteroatoms. The number of halogens is 1. The van der Waals surface area contributed by atoms with Crippen LogP contribution in [0, 0.1) is 12.7 Å². The first-order chi connectivity index (χ1) is 9.56. The van der Waals surface area contributed by atoms with Crippen LogP contribution in [0.25, 0.3) is 0 Å². The van der Waals surface area contributed by atoms with Crippen molar-refractivity contribution in [1.82, 2.24) is 0 Å². The number of hydrogen-bond acceptors (Lipinski definition) is 2. The summed E-state index contributed by atoms with van der Waals surface area (Å²) in [6.45, 7) is 2.38. The number of nitrogens with zero attached hydrogens (tertiary/aromatic N) is 1. The van der Waals surface area contributed by atoms with Crippen molar-refractivity contribution < 1.29 is 9.18 Å². The van der Waals surface area contributed by atoms with Crippen LogP contribution in [0.4, 0.5) is 10.1 Å². The fourth-order valence-corrected chi connectivity index (χ4v) is 2.52. The van der Waals surface area contributed by atoms with E-state index in [0.717, 1.165) is 22.4 Å². The quantitative estimate of drug-likeness (QED) is 0.912. The molecule has 1 atom stereocenters. The molecule has 2 aromatic carbocycles. The Hall–Kier alpha value is -2.20. The second kappa shape index (κ2) is 4.72. The number of benzene rings is 2. The molecule has 3 nitrogen and oxygen atoms in total. The molecule has 0 saturated heterocycles. The predicted octanol–water partition coefficient (Wildman–Crippen LogP) is 2.68. The highest BCUT2D eigenvalue weighted by molar-refractivity contribution is 6.04. The molecule has 2 aromatic rings. The van der Waals surface area contributed by atoms with Gasteiger partial charge in [-0.2, -0.15) is 0 Å². The summed E-state index contributed by atoms with van der Waals surface area (Å²) in [4.78, 5) is 13.9. The number of fused-ring (bicyclic) bond motifs is 1. The van der Waals surface area contributed by atoms with Crippen LogP contribution < -0.4 is 10.6 Å². The van der Waals surface area contributed by atoms with Crippen LogP contribution in [-0.4, -0.2) is 5.91 Å². The number of hydrogen-bond donors (Lipinski definition) is 1. The fraction of sp³-hybridized carbons (Fsp3) is 0.188. The Labute approximate surface area is 116 Å². The molecule has 0 bridgehead atoms. The molecule has 3 rings (SSSR count). The van der Waals surface area contributed by atoms with E-state index in [2.05, 4.69) is 0 Å². The Morgan fingerprint density at radius 2 is 1.90 bits per heavy atom. The van der Waals surface area contributed by atoms with Crippen LogP contribution in [0.15, 0.2) is 42.5 Å². The Balaban J connectivity index is 1.95. The van der Waals surface area contributed by atoms with Gasteiger partial charge in [-0.15, -0.1) is 0 Å². The highest BCUT2D eigenvalue weighted by Gasteiger charge is 2.34. The lowest BCUT2D eigenvalue weighted by atomic mass is 10.1. The van der Waals surface area contributed by atoms with E-state index in [9.17, 15) is 9.18 Å². The molecule has 2 N–H and O–H groups in total. The monoisotopic (exact) mass is 270 g/mol. The second-order valence-electron chi connectivity index (χ2n) is 5.09. The van der Waals surface area contributed by atoms with Crippen molar-refractivity contribution in [3.05, 3.63) is 65.0 Å². The summed E-state index contributed by atoms with van der Waals surface area (Å²) in [6.07, 6.45) is 0. The second-order valence-corrected chi connectivity index (χ2v) is 5.09. The minimum atomic E-state index is -0.606. The van der Waals surface area contributed by atoms with E-state index in [-0.39, 0.29) is 11.7 Å². The average Bonchev–Trinajstić information content (AvgIpc) is 2.66. The van der Waals surface area contributed by atoms with Crippen molar-refractivity contribution in [2.24, 2.45) is 5.73 Å². The van der Waals surface area contributed by atoms with E-state index in [1.807, 2.05) is 25.1 Å². The van der Waals surface area contributed by atoms with Crippen molar-refractivity contribution in [3.63, 3.8) is 0 Å². The lowest BCUT2D eigenvalue weighted by molar-refractivity contribution is -0.119. The standard InChI is InChI=1S/C16H15FN2O/c1-10-2-7-14-13(8-10)15(18)16(20)19(14)9-11-3-5-12(17)6-4-11/h2-8,15H,9,18H2,1H3/t15-/m1/s1. The third-order valence-electron chi connectivity index (χ3n) is 3.59. The first-order valence-corrected chi connectivity index (χ1v) is 6.48. The summed E-state index contributed by atoms with van der Waals surface area (Å²) in [5.41, 5.74) is 9.63. The van der Waals surface area contributed by atoms with Gasteiger partial charge in [-0.1, -0.05) is 29.8 Å². The number of aryl methyl sites for hydroxylation is 1. The topological polar surface area (TPSA) is 46.3 Å². The van der Waals surface area contributed by atoms with Crippen molar-refractivity contribution in [1.29, 1.82) is 0 Å². The average molecular weight is 270 g/mol. The van der Waals surface area contributed by atoms with Gasteiger partial charge in [0.1, 0.15) is 11.9 Å². The Morgan fingerprint density at radius 1 is 1.20 bits per heavy atom. The van der Waals surface area contributed by atoms with E-state index < -0.39 is 6.04 Å². The number of carbonyl (C=O) groups excluding carboxylic acids is 1. The molecule has 0 spiro atoms. The number of amides is 1. The Morgan fingerprint density at radius 3 is 2.60 bits per heavy atom. The third kappa shape index (κ3) is 2.08. The Bertz CT molecular complexity index is 667. The zero-order valence-corrected chi connectivity index (χ0v) is 11.1. The van der Waals surface area contributed by atoms with Gasteiger partial charge in [0.2, 0.25) is 5.91 Å². The number of carbonyl (C=O) groups is 1. The van der Waals surface area contributed by atoms with Crippen LogP contribution in [0.3, 0.4) is 0 Å². The molecule has 1 aliphatic rings. The van der Waals surface area contributed by atoms with Gasteiger partial charge in [0, 0.05) is 11.3 Å². The first kappa shape index (κ1) is 12.8. The molecule has 20 heavy (non-hydrogen) atoms. The lowest BCUT2D eigenvalue weighted by Gasteiger charge is -2.17.